The molecule has 2 heterocycles. The van der Waals surface area contributed by atoms with E-state index in [0.29, 0.717) is 11.8 Å². The number of aromatic nitrogens is 2. The average Bonchev–Trinajstić information content (AvgIpc) is 3.44. The van der Waals surface area contributed by atoms with E-state index in [2.05, 4.69) is 89.1 Å². The monoisotopic (exact) mass is 492 g/mol. The van der Waals surface area contributed by atoms with E-state index >= 15 is 0 Å². The van der Waals surface area contributed by atoms with Crippen LogP contribution in [0.2, 0.25) is 0 Å². The normalized spacial score (nSPS) is 28.5. The van der Waals surface area contributed by atoms with E-state index in [-0.39, 0.29) is 11.2 Å². The first-order valence-electron chi connectivity index (χ1n) is 11.7. The maximum Gasteiger partial charge on any atom is 0.171 e. The molecule has 0 unspecified atom stereocenters. The molecule has 2 fully saturated rings. The zero-order chi connectivity index (χ0) is 21.9. The van der Waals surface area contributed by atoms with Crippen molar-refractivity contribution in [3.05, 3.63) is 70.5 Å². The number of hydrogen-bond acceptors (Lipinski definition) is 3. The van der Waals surface area contributed by atoms with Gasteiger partial charge in [0.25, 0.3) is 0 Å². The van der Waals surface area contributed by atoms with Crippen LogP contribution in [0.4, 0.5) is 0 Å². The second-order valence-corrected chi connectivity index (χ2v) is 10.6. The van der Waals surface area contributed by atoms with E-state index in [9.17, 15) is 0 Å². The summed E-state index contributed by atoms with van der Waals surface area (Å²) in [6.45, 7) is 6.18. The van der Waals surface area contributed by atoms with Gasteiger partial charge in [-0.1, -0.05) is 56.3 Å². The van der Waals surface area contributed by atoms with Crippen LogP contribution in [-0.4, -0.2) is 28.8 Å². The molecule has 166 valence electrons. The van der Waals surface area contributed by atoms with Crippen molar-refractivity contribution < 1.29 is 9.47 Å². The molecule has 3 aliphatic rings. The molecule has 1 saturated heterocycles. The fourth-order valence-electron chi connectivity index (χ4n) is 6.45. The molecule has 1 spiro atoms. The van der Waals surface area contributed by atoms with E-state index in [1.807, 2.05) is 0 Å². The van der Waals surface area contributed by atoms with E-state index in [1.165, 1.54) is 22.4 Å². The third-order valence-electron chi connectivity index (χ3n) is 8.27. The van der Waals surface area contributed by atoms with Crippen molar-refractivity contribution in [2.24, 2.45) is 11.8 Å². The van der Waals surface area contributed by atoms with E-state index in [4.69, 9.17) is 14.6 Å². The summed E-state index contributed by atoms with van der Waals surface area (Å²) in [7, 11) is 0. The molecule has 4 nitrogen and oxygen atoms in total. The van der Waals surface area contributed by atoms with Gasteiger partial charge in [-0.15, -0.1) is 0 Å². The van der Waals surface area contributed by atoms with Crippen molar-refractivity contribution in [1.82, 2.24) is 9.78 Å². The largest absolute Gasteiger partial charge is 0.347 e. The van der Waals surface area contributed by atoms with Gasteiger partial charge in [0.05, 0.1) is 24.6 Å². The highest BCUT2D eigenvalue weighted by Crippen LogP contribution is 2.57. The second kappa shape index (κ2) is 7.54. The number of nitrogens with zero attached hydrogens (tertiary/aromatic N) is 2. The van der Waals surface area contributed by atoms with Gasteiger partial charge in [-0.2, -0.15) is 5.10 Å². The van der Waals surface area contributed by atoms with Gasteiger partial charge in [-0.3, -0.25) is 0 Å². The lowest BCUT2D eigenvalue weighted by Gasteiger charge is -2.53. The molecule has 0 radical (unpaired) electrons. The first-order chi connectivity index (χ1) is 15.5. The summed E-state index contributed by atoms with van der Waals surface area (Å²) in [4.78, 5) is 0. The van der Waals surface area contributed by atoms with E-state index < -0.39 is 0 Å². The van der Waals surface area contributed by atoms with Crippen molar-refractivity contribution in [3.8, 4) is 16.8 Å². The Morgan fingerprint density at radius 1 is 0.969 bits per heavy atom. The van der Waals surface area contributed by atoms with E-state index in [0.717, 1.165) is 49.2 Å². The minimum Gasteiger partial charge on any atom is -0.347 e. The molecule has 0 amide bonds. The lowest BCUT2D eigenvalue weighted by atomic mass is 9.55. The molecule has 2 aromatic carbocycles. The number of ether oxygens (including phenoxy) is 2. The van der Waals surface area contributed by atoms with Crippen LogP contribution < -0.4 is 0 Å². The first-order valence-corrected chi connectivity index (χ1v) is 12.5. The standard InChI is InChI=1S/C27H29BrN2O2/c1-18-23-13-12-22-24(26(23,2)14-15-27(18)31-16-17-32-27)29-30(25(22)28)21-10-8-20(9-11-21)19-6-4-3-5-7-19/h3-11,18,23H,12-17H2,1-2H3/t18-,23-,26-/m1/s1. The Balaban J connectivity index is 1.35. The van der Waals surface area contributed by atoms with Crippen LogP contribution in [0.1, 0.15) is 44.4 Å². The minimum absolute atomic E-state index is 0.0469. The van der Waals surface area contributed by atoms with Crippen LogP contribution in [0.3, 0.4) is 0 Å². The zero-order valence-corrected chi connectivity index (χ0v) is 20.3. The Morgan fingerprint density at radius 2 is 1.66 bits per heavy atom. The summed E-state index contributed by atoms with van der Waals surface area (Å²) in [6.07, 6.45) is 4.18. The van der Waals surface area contributed by atoms with Crippen LogP contribution in [0, 0.1) is 11.8 Å². The van der Waals surface area contributed by atoms with Crippen LogP contribution in [0.15, 0.2) is 59.2 Å². The molecular formula is C27H29BrN2O2. The fourth-order valence-corrected chi connectivity index (χ4v) is 7.12. The molecule has 6 rings (SSSR count). The molecule has 3 aromatic rings. The second-order valence-electron chi connectivity index (χ2n) is 9.80. The topological polar surface area (TPSA) is 36.3 Å². The Morgan fingerprint density at radius 3 is 2.38 bits per heavy atom. The van der Waals surface area contributed by atoms with Gasteiger partial charge in [0.15, 0.2) is 5.79 Å². The first kappa shape index (κ1) is 20.6. The molecule has 2 aliphatic carbocycles. The highest BCUT2D eigenvalue weighted by Gasteiger charge is 2.58. The highest BCUT2D eigenvalue weighted by atomic mass is 79.9. The van der Waals surface area contributed by atoms with Gasteiger partial charge in [-0.25, -0.2) is 4.68 Å². The predicted molar refractivity (Wildman–Crippen MR) is 129 cm³/mol. The highest BCUT2D eigenvalue weighted by molar-refractivity contribution is 9.10. The summed E-state index contributed by atoms with van der Waals surface area (Å²) in [5.41, 5.74) is 6.21. The van der Waals surface area contributed by atoms with Gasteiger partial charge in [0, 0.05) is 23.3 Å². The van der Waals surface area contributed by atoms with Crippen LogP contribution in [-0.2, 0) is 21.3 Å². The Hall–Kier alpha value is -1.95. The van der Waals surface area contributed by atoms with Gasteiger partial charge in [0.1, 0.15) is 4.60 Å². The summed E-state index contributed by atoms with van der Waals surface area (Å²) < 4.78 is 15.5. The van der Waals surface area contributed by atoms with Crippen LogP contribution >= 0.6 is 15.9 Å². The molecule has 0 N–H and O–H groups in total. The number of hydrogen-bond donors (Lipinski definition) is 0. The van der Waals surface area contributed by atoms with Crippen molar-refractivity contribution in [3.63, 3.8) is 0 Å². The number of fused-ring (bicyclic) bond motifs is 3. The van der Waals surface area contributed by atoms with E-state index in [1.54, 1.807) is 0 Å². The summed E-state index contributed by atoms with van der Waals surface area (Å²) in [6, 6.07) is 19.2. The molecule has 1 aliphatic heterocycles. The molecular weight excluding hydrogens is 464 g/mol. The predicted octanol–water partition coefficient (Wildman–Crippen LogP) is 6.29. The molecule has 0 bridgehead atoms. The maximum atomic E-state index is 6.16. The smallest absolute Gasteiger partial charge is 0.171 e. The molecule has 32 heavy (non-hydrogen) atoms. The third kappa shape index (κ3) is 2.98. The molecule has 5 heteroatoms. The lowest BCUT2D eigenvalue weighted by Crippen LogP contribution is -2.55. The molecule has 3 atom stereocenters. The minimum atomic E-state index is -0.380. The third-order valence-corrected chi connectivity index (χ3v) is 9.09. The fraction of sp³-hybridized carbons (Fsp3) is 0.444. The van der Waals surface area contributed by atoms with Crippen molar-refractivity contribution >= 4 is 15.9 Å². The van der Waals surface area contributed by atoms with Crippen LogP contribution in [0.5, 0.6) is 0 Å². The lowest BCUT2D eigenvalue weighted by molar-refractivity contribution is -0.234. The van der Waals surface area contributed by atoms with Gasteiger partial charge in [-0.05, 0) is 64.4 Å². The van der Waals surface area contributed by atoms with Crippen LogP contribution in [0.25, 0.3) is 16.8 Å². The number of rotatable bonds is 2. The number of halogens is 1. The Kier molecular flexibility index (Phi) is 4.87. The zero-order valence-electron chi connectivity index (χ0n) is 18.7. The van der Waals surface area contributed by atoms with Gasteiger partial charge in [0.2, 0.25) is 0 Å². The van der Waals surface area contributed by atoms with Crippen molar-refractivity contribution in [1.29, 1.82) is 0 Å². The molecule has 1 saturated carbocycles. The summed E-state index contributed by atoms with van der Waals surface area (Å²) in [5, 5.41) is 5.22. The Labute approximate surface area is 198 Å². The van der Waals surface area contributed by atoms with Gasteiger partial charge >= 0.3 is 0 Å². The number of benzene rings is 2. The van der Waals surface area contributed by atoms with Gasteiger partial charge < -0.3 is 9.47 Å². The average molecular weight is 493 g/mol. The van der Waals surface area contributed by atoms with Crippen molar-refractivity contribution in [2.45, 2.75) is 50.7 Å². The quantitative estimate of drug-likeness (QED) is 0.421. The maximum absolute atomic E-state index is 6.16. The summed E-state index contributed by atoms with van der Waals surface area (Å²) >= 11 is 3.90. The summed E-state index contributed by atoms with van der Waals surface area (Å²) in [5.74, 6) is 0.498. The SMILES string of the molecule is C[C@@H]1[C@H]2CCc3c(nn(-c4ccc(-c5ccccc5)cc4)c3Br)[C@]2(C)CCC12OCCO2. The Bertz CT molecular complexity index is 1130. The van der Waals surface area contributed by atoms with Crippen molar-refractivity contribution in [2.75, 3.05) is 13.2 Å². The molecule has 1 aromatic heterocycles.